The Hall–Kier alpha value is -3.11. The smallest absolute Gasteiger partial charge is 0.317 e. The van der Waals surface area contributed by atoms with Gasteiger partial charge >= 0.3 is 6.03 Å². The molecule has 0 saturated carbocycles. The van der Waals surface area contributed by atoms with E-state index in [2.05, 4.69) is 89.9 Å². The van der Waals surface area contributed by atoms with Crippen molar-refractivity contribution in [2.45, 2.75) is 19.5 Å². The van der Waals surface area contributed by atoms with E-state index in [-0.39, 0.29) is 12.1 Å². The maximum atomic E-state index is 12.7. The molecule has 0 bridgehead atoms. The Morgan fingerprint density at radius 1 is 0.800 bits per heavy atom. The third kappa shape index (κ3) is 4.71. The van der Waals surface area contributed by atoms with E-state index in [1.807, 2.05) is 17.0 Å². The quantitative estimate of drug-likeness (QED) is 0.680. The van der Waals surface area contributed by atoms with Crippen LogP contribution in [0.2, 0.25) is 0 Å². The number of piperazine rings is 1. The molecule has 0 radical (unpaired) electrons. The number of hydrogen-bond acceptors (Lipinski definition) is 2. The van der Waals surface area contributed by atoms with Crippen molar-refractivity contribution in [1.82, 2.24) is 15.1 Å². The highest BCUT2D eigenvalue weighted by Crippen LogP contribution is 2.29. The molecular weight excluding hydrogens is 370 g/mol. The fraction of sp³-hybridized carbons (Fsp3) is 0.269. The number of urea groups is 1. The molecule has 3 aromatic rings. The second kappa shape index (κ2) is 9.59. The summed E-state index contributed by atoms with van der Waals surface area (Å²) >= 11 is 0. The molecule has 4 heteroatoms. The second-order valence-electron chi connectivity index (χ2n) is 7.83. The average Bonchev–Trinajstić information content (AvgIpc) is 2.80. The minimum atomic E-state index is 0.0221. The summed E-state index contributed by atoms with van der Waals surface area (Å²) < 4.78 is 0. The summed E-state index contributed by atoms with van der Waals surface area (Å²) in [5, 5.41) is 3.09. The van der Waals surface area contributed by atoms with E-state index in [4.69, 9.17) is 0 Å². The number of amides is 2. The molecule has 3 aromatic carbocycles. The molecule has 2 amide bonds. The third-order valence-corrected chi connectivity index (χ3v) is 5.89. The Kier molecular flexibility index (Phi) is 6.45. The van der Waals surface area contributed by atoms with Crippen LogP contribution >= 0.6 is 0 Å². The van der Waals surface area contributed by atoms with Gasteiger partial charge in [0.15, 0.2) is 0 Å². The molecule has 4 nitrogen and oxygen atoms in total. The molecule has 1 saturated heterocycles. The van der Waals surface area contributed by atoms with E-state index in [0.29, 0.717) is 6.54 Å². The van der Waals surface area contributed by atoms with Crippen LogP contribution in [0.1, 0.15) is 28.3 Å². The number of nitrogens with zero attached hydrogens (tertiary/aromatic N) is 2. The van der Waals surface area contributed by atoms with Crippen LogP contribution in [-0.2, 0) is 6.54 Å². The first kappa shape index (κ1) is 20.2. The largest absolute Gasteiger partial charge is 0.334 e. The maximum Gasteiger partial charge on any atom is 0.317 e. The van der Waals surface area contributed by atoms with Gasteiger partial charge in [0.05, 0.1) is 6.04 Å². The van der Waals surface area contributed by atoms with Gasteiger partial charge in [-0.2, -0.15) is 0 Å². The molecule has 0 aromatic heterocycles. The van der Waals surface area contributed by atoms with E-state index in [1.165, 1.54) is 16.7 Å². The number of hydrogen-bond donors (Lipinski definition) is 1. The predicted octanol–water partition coefficient (Wildman–Crippen LogP) is 4.61. The lowest BCUT2D eigenvalue weighted by Crippen LogP contribution is -2.52. The molecule has 154 valence electrons. The summed E-state index contributed by atoms with van der Waals surface area (Å²) in [5.74, 6) is 0. The summed E-state index contributed by atoms with van der Waals surface area (Å²) in [5.41, 5.74) is 4.95. The highest BCUT2D eigenvalue weighted by atomic mass is 16.2. The van der Waals surface area contributed by atoms with Gasteiger partial charge in [0, 0.05) is 32.7 Å². The van der Waals surface area contributed by atoms with Gasteiger partial charge in [-0.3, -0.25) is 4.90 Å². The number of rotatable bonds is 5. The first-order chi connectivity index (χ1) is 14.7. The lowest BCUT2D eigenvalue weighted by Gasteiger charge is -2.39. The number of carbonyl (C=O) groups is 1. The van der Waals surface area contributed by atoms with Crippen LogP contribution in [-0.4, -0.2) is 42.0 Å². The van der Waals surface area contributed by atoms with Crippen molar-refractivity contribution in [2.24, 2.45) is 0 Å². The van der Waals surface area contributed by atoms with Gasteiger partial charge in [0.1, 0.15) is 0 Å². The number of carbonyl (C=O) groups excluding carboxylic acids is 1. The van der Waals surface area contributed by atoms with Crippen LogP contribution < -0.4 is 5.32 Å². The molecule has 4 rings (SSSR count). The van der Waals surface area contributed by atoms with E-state index in [0.717, 1.165) is 31.7 Å². The Balaban J connectivity index is 1.40. The van der Waals surface area contributed by atoms with Gasteiger partial charge in [0.25, 0.3) is 0 Å². The SMILES string of the molecule is Cc1ccccc1CNC(=O)N1CCN(C(c2ccccc2)c2ccccc2)CC1. The normalized spacial score (nSPS) is 14.7. The fourth-order valence-electron chi connectivity index (χ4n) is 4.16. The zero-order chi connectivity index (χ0) is 20.8. The van der Waals surface area contributed by atoms with Crippen LogP contribution in [0.15, 0.2) is 84.9 Å². The highest BCUT2D eigenvalue weighted by molar-refractivity contribution is 5.74. The van der Waals surface area contributed by atoms with Crippen LogP contribution in [0.5, 0.6) is 0 Å². The summed E-state index contributed by atoms with van der Waals surface area (Å²) in [6, 6.07) is 29.7. The van der Waals surface area contributed by atoms with Crippen LogP contribution in [0.25, 0.3) is 0 Å². The Morgan fingerprint density at radius 2 is 1.33 bits per heavy atom. The number of benzene rings is 3. The molecular formula is C26H29N3O. The van der Waals surface area contributed by atoms with Gasteiger partial charge in [-0.1, -0.05) is 84.9 Å². The fourth-order valence-corrected chi connectivity index (χ4v) is 4.16. The van der Waals surface area contributed by atoms with Crippen molar-refractivity contribution in [3.63, 3.8) is 0 Å². The molecule has 1 fully saturated rings. The standard InChI is InChI=1S/C26H29N3O/c1-21-10-8-9-15-24(21)20-27-26(30)29-18-16-28(17-19-29)25(22-11-4-2-5-12-22)23-13-6-3-7-14-23/h2-15,25H,16-20H2,1H3,(H,27,30). The van der Waals surface area contributed by atoms with E-state index < -0.39 is 0 Å². The molecule has 0 unspecified atom stereocenters. The van der Waals surface area contributed by atoms with Crippen molar-refractivity contribution in [1.29, 1.82) is 0 Å². The Morgan fingerprint density at radius 3 is 1.90 bits per heavy atom. The van der Waals surface area contributed by atoms with Crippen molar-refractivity contribution in [3.8, 4) is 0 Å². The van der Waals surface area contributed by atoms with E-state index >= 15 is 0 Å². The van der Waals surface area contributed by atoms with Crippen LogP contribution in [0.4, 0.5) is 4.79 Å². The second-order valence-corrected chi connectivity index (χ2v) is 7.83. The summed E-state index contributed by atoms with van der Waals surface area (Å²) in [6.45, 7) is 5.82. The van der Waals surface area contributed by atoms with E-state index in [1.54, 1.807) is 0 Å². The first-order valence-corrected chi connectivity index (χ1v) is 10.6. The lowest BCUT2D eigenvalue weighted by molar-refractivity contribution is 0.120. The van der Waals surface area contributed by atoms with Crippen LogP contribution in [0.3, 0.4) is 0 Å². The molecule has 1 N–H and O–H groups in total. The minimum Gasteiger partial charge on any atom is -0.334 e. The van der Waals surface area contributed by atoms with Crippen molar-refractivity contribution in [2.75, 3.05) is 26.2 Å². The molecule has 1 aliphatic rings. The van der Waals surface area contributed by atoms with Gasteiger partial charge in [-0.05, 0) is 29.2 Å². The molecule has 0 aliphatic carbocycles. The summed E-state index contributed by atoms with van der Waals surface area (Å²) in [7, 11) is 0. The van der Waals surface area contributed by atoms with Gasteiger partial charge < -0.3 is 10.2 Å². The topological polar surface area (TPSA) is 35.6 Å². The Labute approximate surface area is 179 Å². The van der Waals surface area contributed by atoms with Crippen LogP contribution in [0, 0.1) is 6.92 Å². The van der Waals surface area contributed by atoms with Gasteiger partial charge in [-0.25, -0.2) is 4.79 Å². The average molecular weight is 400 g/mol. The molecule has 0 spiro atoms. The molecule has 1 heterocycles. The monoisotopic (exact) mass is 399 g/mol. The van der Waals surface area contributed by atoms with Gasteiger partial charge in [-0.15, -0.1) is 0 Å². The Bertz CT molecular complexity index is 911. The maximum absolute atomic E-state index is 12.7. The predicted molar refractivity (Wildman–Crippen MR) is 121 cm³/mol. The molecule has 30 heavy (non-hydrogen) atoms. The number of nitrogens with one attached hydrogen (secondary N) is 1. The molecule has 1 aliphatic heterocycles. The van der Waals surface area contributed by atoms with Crippen molar-refractivity contribution < 1.29 is 4.79 Å². The van der Waals surface area contributed by atoms with Gasteiger partial charge in [0.2, 0.25) is 0 Å². The zero-order valence-electron chi connectivity index (χ0n) is 17.5. The third-order valence-electron chi connectivity index (χ3n) is 5.89. The summed E-state index contributed by atoms with van der Waals surface area (Å²) in [4.78, 5) is 17.1. The highest BCUT2D eigenvalue weighted by Gasteiger charge is 2.28. The summed E-state index contributed by atoms with van der Waals surface area (Å²) in [6.07, 6.45) is 0. The van der Waals surface area contributed by atoms with Crippen molar-refractivity contribution >= 4 is 6.03 Å². The minimum absolute atomic E-state index is 0.0221. The number of aryl methyl sites for hydroxylation is 1. The molecule has 0 atom stereocenters. The zero-order valence-corrected chi connectivity index (χ0v) is 17.5. The lowest BCUT2D eigenvalue weighted by atomic mass is 9.96. The van der Waals surface area contributed by atoms with E-state index in [9.17, 15) is 4.79 Å². The first-order valence-electron chi connectivity index (χ1n) is 10.6. The van der Waals surface area contributed by atoms with Crippen molar-refractivity contribution in [3.05, 3.63) is 107 Å².